The van der Waals surface area contributed by atoms with Crippen LogP contribution in [0.4, 0.5) is 0 Å². The van der Waals surface area contributed by atoms with E-state index in [0.29, 0.717) is 19.0 Å². The fraction of sp³-hybridized carbons (Fsp3) is 0.333. The zero-order valence-electron chi connectivity index (χ0n) is 11.0. The number of amides is 1. The molecule has 1 heterocycles. The van der Waals surface area contributed by atoms with Gasteiger partial charge in [-0.15, -0.1) is 0 Å². The Hall–Kier alpha value is -2.30. The maximum Gasteiger partial charge on any atom is 0.335 e. The second-order valence-electron chi connectivity index (χ2n) is 5.18. The number of carbonyl (C=O) groups excluding carboxylic acids is 1. The number of hydrogen-bond acceptors (Lipinski definition) is 2. The number of hydrogen-bond donors (Lipinski definition) is 2. The Labute approximate surface area is 116 Å². The SMILES string of the molecule is O=C(CCn1ccc2cc(C(=O)O)ccc21)NC1CC1. The summed E-state index contributed by atoms with van der Waals surface area (Å²) >= 11 is 0. The van der Waals surface area contributed by atoms with Gasteiger partial charge in [-0.25, -0.2) is 4.79 Å². The molecule has 0 bridgehead atoms. The summed E-state index contributed by atoms with van der Waals surface area (Å²) in [6, 6.07) is 7.30. The van der Waals surface area contributed by atoms with E-state index in [1.165, 1.54) is 0 Å². The van der Waals surface area contributed by atoms with E-state index in [0.717, 1.165) is 23.7 Å². The fourth-order valence-electron chi connectivity index (χ4n) is 2.28. The summed E-state index contributed by atoms with van der Waals surface area (Å²) in [7, 11) is 0. The molecule has 1 aliphatic carbocycles. The quantitative estimate of drug-likeness (QED) is 0.874. The summed E-state index contributed by atoms with van der Waals surface area (Å²) in [6.45, 7) is 0.606. The second-order valence-corrected chi connectivity index (χ2v) is 5.18. The number of nitrogens with zero attached hydrogens (tertiary/aromatic N) is 1. The average Bonchev–Trinajstić information content (AvgIpc) is 3.14. The fourth-order valence-corrected chi connectivity index (χ4v) is 2.28. The number of carbonyl (C=O) groups is 2. The molecule has 1 aliphatic rings. The largest absolute Gasteiger partial charge is 0.478 e. The summed E-state index contributed by atoms with van der Waals surface area (Å²) in [6.07, 6.45) is 4.52. The Morgan fingerprint density at radius 1 is 1.30 bits per heavy atom. The van der Waals surface area contributed by atoms with Crippen molar-refractivity contribution in [1.29, 1.82) is 0 Å². The molecule has 5 nitrogen and oxygen atoms in total. The van der Waals surface area contributed by atoms with E-state index in [1.807, 2.05) is 16.8 Å². The third-order valence-corrected chi connectivity index (χ3v) is 3.54. The molecule has 1 aromatic carbocycles. The predicted molar refractivity (Wildman–Crippen MR) is 74.7 cm³/mol. The van der Waals surface area contributed by atoms with Crippen molar-refractivity contribution in [3.8, 4) is 0 Å². The Balaban J connectivity index is 1.71. The first-order valence-corrected chi connectivity index (χ1v) is 6.75. The molecule has 0 radical (unpaired) electrons. The van der Waals surface area contributed by atoms with Crippen LogP contribution >= 0.6 is 0 Å². The van der Waals surface area contributed by atoms with Gasteiger partial charge < -0.3 is 15.0 Å². The van der Waals surface area contributed by atoms with E-state index in [2.05, 4.69) is 5.32 Å². The number of fused-ring (bicyclic) bond motifs is 1. The van der Waals surface area contributed by atoms with E-state index < -0.39 is 5.97 Å². The molecule has 0 spiro atoms. The minimum Gasteiger partial charge on any atom is -0.478 e. The van der Waals surface area contributed by atoms with E-state index in [9.17, 15) is 9.59 Å². The zero-order valence-corrected chi connectivity index (χ0v) is 11.0. The van der Waals surface area contributed by atoms with Crippen LogP contribution in [0.2, 0.25) is 0 Å². The van der Waals surface area contributed by atoms with Gasteiger partial charge in [0.05, 0.1) is 5.56 Å². The molecular formula is C15H16N2O3. The number of aryl methyl sites for hydroxylation is 1. The monoisotopic (exact) mass is 272 g/mol. The van der Waals surface area contributed by atoms with Gasteiger partial charge in [0.2, 0.25) is 5.91 Å². The van der Waals surface area contributed by atoms with Gasteiger partial charge in [-0.3, -0.25) is 4.79 Å². The number of carboxylic acids is 1. The lowest BCUT2D eigenvalue weighted by atomic mass is 10.1. The van der Waals surface area contributed by atoms with Crippen molar-refractivity contribution in [3.05, 3.63) is 36.0 Å². The van der Waals surface area contributed by atoms with Gasteiger partial charge >= 0.3 is 5.97 Å². The molecule has 0 unspecified atom stereocenters. The smallest absolute Gasteiger partial charge is 0.335 e. The number of aromatic carboxylic acids is 1. The maximum absolute atomic E-state index is 11.7. The highest BCUT2D eigenvalue weighted by Crippen LogP contribution is 2.20. The van der Waals surface area contributed by atoms with Crippen LogP contribution < -0.4 is 5.32 Å². The summed E-state index contributed by atoms with van der Waals surface area (Å²) in [4.78, 5) is 22.6. The van der Waals surface area contributed by atoms with Crippen LogP contribution in [-0.4, -0.2) is 27.6 Å². The molecule has 104 valence electrons. The van der Waals surface area contributed by atoms with Crippen molar-refractivity contribution in [2.75, 3.05) is 0 Å². The third kappa shape index (κ3) is 2.66. The number of nitrogens with one attached hydrogen (secondary N) is 1. The van der Waals surface area contributed by atoms with Gasteiger partial charge in [0.15, 0.2) is 0 Å². The highest BCUT2D eigenvalue weighted by molar-refractivity contribution is 5.93. The first kappa shape index (κ1) is 12.7. The standard InChI is InChI=1S/C15H16N2O3/c18-14(16-12-2-3-12)6-8-17-7-5-10-9-11(15(19)20)1-4-13(10)17/h1,4-5,7,9,12H,2-3,6,8H2,(H,16,18)(H,19,20). The van der Waals surface area contributed by atoms with Gasteiger partial charge in [-0.05, 0) is 37.1 Å². The topological polar surface area (TPSA) is 71.3 Å². The maximum atomic E-state index is 11.7. The summed E-state index contributed by atoms with van der Waals surface area (Å²) in [5, 5.41) is 12.8. The van der Waals surface area contributed by atoms with Crippen molar-refractivity contribution < 1.29 is 14.7 Å². The molecule has 2 aromatic rings. The van der Waals surface area contributed by atoms with Gasteiger partial charge in [0, 0.05) is 36.1 Å². The van der Waals surface area contributed by atoms with Gasteiger partial charge in [0.1, 0.15) is 0 Å². The van der Waals surface area contributed by atoms with Gasteiger partial charge in [-0.1, -0.05) is 0 Å². The number of benzene rings is 1. The van der Waals surface area contributed by atoms with Crippen LogP contribution in [0.15, 0.2) is 30.5 Å². The minimum absolute atomic E-state index is 0.0801. The molecule has 1 amide bonds. The van der Waals surface area contributed by atoms with Crippen LogP contribution in [0.25, 0.3) is 10.9 Å². The van der Waals surface area contributed by atoms with E-state index in [1.54, 1.807) is 18.2 Å². The molecule has 0 atom stereocenters. The summed E-state index contributed by atoms with van der Waals surface area (Å²) < 4.78 is 1.98. The van der Waals surface area contributed by atoms with Crippen LogP contribution in [0, 0.1) is 0 Å². The van der Waals surface area contributed by atoms with Crippen molar-refractivity contribution >= 4 is 22.8 Å². The Morgan fingerprint density at radius 3 is 2.80 bits per heavy atom. The molecule has 3 rings (SSSR count). The molecule has 1 aromatic heterocycles. The number of rotatable bonds is 5. The highest BCUT2D eigenvalue weighted by Gasteiger charge is 2.22. The Bertz CT molecular complexity index is 671. The predicted octanol–water partition coefficient (Wildman–Crippen LogP) is 2.01. The summed E-state index contributed by atoms with van der Waals surface area (Å²) in [5.74, 6) is -0.847. The average molecular weight is 272 g/mol. The molecule has 20 heavy (non-hydrogen) atoms. The minimum atomic E-state index is -0.927. The Kier molecular flexibility index (Phi) is 3.18. The molecule has 2 N–H and O–H groups in total. The first-order valence-electron chi connectivity index (χ1n) is 6.75. The van der Waals surface area contributed by atoms with Crippen LogP contribution in [0.5, 0.6) is 0 Å². The highest BCUT2D eigenvalue weighted by atomic mass is 16.4. The Morgan fingerprint density at radius 2 is 2.10 bits per heavy atom. The van der Waals surface area contributed by atoms with Crippen molar-refractivity contribution in [2.24, 2.45) is 0 Å². The first-order chi connectivity index (χ1) is 9.63. The van der Waals surface area contributed by atoms with Crippen LogP contribution in [-0.2, 0) is 11.3 Å². The van der Waals surface area contributed by atoms with Crippen LogP contribution in [0.1, 0.15) is 29.6 Å². The number of aromatic nitrogens is 1. The van der Waals surface area contributed by atoms with Gasteiger partial charge in [-0.2, -0.15) is 0 Å². The molecule has 1 saturated carbocycles. The normalized spacial score (nSPS) is 14.4. The van der Waals surface area contributed by atoms with E-state index >= 15 is 0 Å². The molecule has 0 aliphatic heterocycles. The van der Waals surface area contributed by atoms with E-state index in [-0.39, 0.29) is 11.5 Å². The zero-order chi connectivity index (χ0) is 14.1. The lowest BCUT2D eigenvalue weighted by Crippen LogP contribution is -2.26. The van der Waals surface area contributed by atoms with Crippen molar-refractivity contribution in [1.82, 2.24) is 9.88 Å². The van der Waals surface area contributed by atoms with Crippen molar-refractivity contribution in [3.63, 3.8) is 0 Å². The molecule has 5 heteroatoms. The number of carboxylic acid groups (broad SMARTS) is 1. The van der Waals surface area contributed by atoms with Gasteiger partial charge in [0.25, 0.3) is 0 Å². The third-order valence-electron chi connectivity index (χ3n) is 3.54. The lowest BCUT2D eigenvalue weighted by Gasteiger charge is -2.06. The molecular weight excluding hydrogens is 256 g/mol. The molecule has 1 fully saturated rings. The lowest BCUT2D eigenvalue weighted by molar-refractivity contribution is -0.121. The molecule has 0 saturated heterocycles. The van der Waals surface area contributed by atoms with E-state index in [4.69, 9.17) is 5.11 Å². The van der Waals surface area contributed by atoms with Crippen LogP contribution in [0.3, 0.4) is 0 Å². The summed E-state index contributed by atoms with van der Waals surface area (Å²) in [5.41, 5.74) is 1.23. The second kappa shape index (κ2) is 5.00. The van der Waals surface area contributed by atoms with Crippen molar-refractivity contribution in [2.45, 2.75) is 31.8 Å².